The molecule has 0 aliphatic rings. The quantitative estimate of drug-likeness (QED) is 0.318. The Kier molecular flexibility index (Phi) is 6.22. The third-order valence-electron chi connectivity index (χ3n) is 4.07. The van der Waals surface area contributed by atoms with E-state index < -0.39 is 0 Å². The first-order valence-corrected chi connectivity index (χ1v) is 9.57. The number of hydrogen-bond acceptors (Lipinski definition) is 3. The van der Waals surface area contributed by atoms with Crippen molar-refractivity contribution in [3.63, 3.8) is 0 Å². The lowest BCUT2D eigenvalue weighted by molar-refractivity contribution is -0.121. The number of carbonyl (C=O) groups is 1. The van der Waals surface area contributed by atoms with Crippen LogP contribution < -0.4 is 10.7 Å². The summed E-state index contributed by atoms with van der Waals surface area (Å²) in [5.41, 5.74) is 4.50. The van der Waals surface area contributed by atoms with E-state index in [4.69, 9.17) is 0 Å². The van der Waals surface area contributed by atoms with E-state index in [2.05, 4.69) is 50.6 Å². The molecule has 0 aromatic heterocycles. The van der Waals surface area contributed by atoms with Crippen LogP contribution in [0.25, 0.3) is 10.8 Å². The Morgan fingerprint density at radius 1 is 1.08 bits per heavy atom. The summed E-state index contributed by atoms with van der Waals surface area (Å²) in [6, 6.07) is 21.8. The summed E-state index contributed by atoms with van der Waals surface area (Å²) in [6.45, 7) is 1.97. The third-order valence-corrected chi connectivity index (χ3v) is 4.79. The fraction of sp³-hybridized carbons (Fsp3) is 0.143. The van der Waals surface area contributed by atoms with Gasteiger partial charge in [-0.25, -0.2) is 5.43 Å². The molecule has 5 heteroatoms. The van der Waals surface area contributed by atoms with Gasteiger partial charge in [0.1, 0.15) is 6.04 Å². The van der Waals surface area contributed by atoms with Crippen molar-refractivity contribution in [1.82, 2.24) is 5.43 Å². The smallest absolute Gasteiger partial charge is 0.262 e. The van der Waals surface area contributed by atoms with E-state index in [-0.39, 0.29) is 11.9 Å². The summed E-state index contributed by atoms with van der Waals surface area (Å²) >= 11 is 2.26. The van der Waals surface area contributed by atoms with Gasteiger partial charge in [-0.15, -0.1) is 0 Å². The van der Waals surface area contributed by atoms with Crippen molar-refractivity contribution >= 4 is 51.2 Å². The lowest BCUT2D eigenvalue weighted by atomic mass is 10.1. The van der Waals surface area contributed by atoms with Crippen LogP contribution in [0.5, 0.6) is 0 Å². The van der Waals surface area contributed by atoms with Crippen LogP contribution in [0, 0.1) is 3.57 Å². The molecule has 0 aliphatic heterocycles. The van der Waals surface area contributed by atoms with Gasteiger partial charge in [0, 0.05) is 9.26 Å². The Morgan fingerprint density at radius 3 is 2.54 bits per heavy atom. The molecule has 26 heavy (non-hydrogen) atoms. The Labute approximate surface area is 166 Å². The first-order chi connectivity index (χ1) is 12.7. The summed E-state index contributed by atoms with van der Waals surface area (Å²) in [6.07, 6.45) is 2.34. The molecular weight excluding hydrogens is 437 g/mol. The highest BCUT2D eigenvalue weighted by Crippen LogP contribution is 2.15. The molecule has 0 bridgehead atoms. The standard InChI is InChI=1S/C21H20IN3O/c1-2-20(24-19-11-9-18(22)10-12-19)21(26)25-23-14-15-7-8-16-5-3-4-6-17(16)13-15/h3-14,20,24H,2H2,1H3,(H,25,26)/b23-14+. The molecule has 0 aliphatic carbocycles. The first kappa shape index (κ1) is 18.4. The number of nitrogens with one attached hydrogen (secondary N) is 2. The zero-order valence-electron chi connectivity index (χ0n) is 14.4. The SMILES string of the molecule is CCC(Nc1ccc(I)cc1)C(=O)N/N=C/c1ccc2ccccc2c1. The van der Waals surface area contributed by atoms with Crippen molar-refractivity contribution < 1.29 is 4.79 Å². The van der Waals surface area contributed by atoms with E-state index in [1.54, 1.807) is 6.21 Å². The summed E-state index contributed by atoms with van der Waals surface area (Å²) in [7, 11) is 0. The van der Waals surface area contributed by atoms with Gasteiger partial charge in [0.2, 0.25) is 0 Å². The molecule has 2 N–H and O–H groups in total. The average Bonchev–Trinajstić information content (AvgIpc) is 2.67. The minimum atomic E-state index is -0.330. The van der Waals surface area contributed by atoms with Crippen LogP contribution in [0.4, 0.5) is 5.69 Å². The molecule has 0 heterocycles. The Bertz CT molecular complexity index is 922. The third kappa shape index (κ3) is 4.82. The van der Waals surface area contributed by atoms with Crippen molar-refractivity contribution in [2.45, 2.75) is 19.4 Å². The van der Waals surface area contributed by atoms with E-state index in [0.29, 0.717) is 6.42 Å². The van der Waals surface area contributed by atoms with E-state index in [9.17, 15) is 4.79 Å². The highest BCUT2D eigenvalue weighted by atomic mass is 127. The largest absolute Gasteiger partial charge is 0.374 e. The maximum absolute atomic E-state index is 12.4. The second-order valence-corrected chi connectivity index (χ2v) is 7.20. The van der Waals surface area contributed by atoms with Gasteiger partial charge >= 0.3 is 0 Å². The zero-order valence-corrected chi connectivity index (χ0v) is 16.6. The van der Waals surface area contributed by atoms with Crippen molar-refractivity contribution in [2.75, 3.05) is 5.32 Å². The van der Waals surface area contributed by atoms with Gasteiger partial charge in [-0.2, -0.15) is 5.10 Å². The number of amides is 1. The maximum Gasteiger partial charge on any atom is 0.262 e. The Morgan fingerprint density at radius 2 is 1.81 bits per heavy atom. The van der Waals surface area contributed by atoms with Gasteiger partial charge in [0.05, 0.1) is 6.21 Å². The van der Waals surface area contributed by atoms with Crippen LogP contribution in [-0.2, 0) is 4.79 Å². The van der Waals surface area contributed by atoms with E-state index >= 15 is 0 Å². The van der Waals surface area contributed by atoms with E-state index in [1.807, 2.05) is 61.5 Å². The number of hydrazone groups is 1. The molecule has 1 amide bonds. The number of nitrogens with zero attached hydrogens (tertiary/aromatic N) is 1. The lowest BCUT2D eigenvalue weighted by Gasteiger charge is -2.16. The average molecular weight is 457 g/mol. The lowest BCUT2D eigenvalue weighted by Crippen LogP contribution is -2.36. The molecule has 3 aromatic carbocycles. The monoisotopic (exact) mass is 457 g/mol. The van der Waals surface area contributed by atoms with Gasteiger partial charge in [0.15, 0.2) is 0 Å². The number of anilines is 1. The topological polar surface area (TPSA) is 53.5 Å². The van der Waals surface area contributed by atoms with E-state index in [1.165, 1.54) is 5.39 Å². The van der Waals surface area contributed by atoms with Gasteiger partial charge in [-0.05, 0) is 75.7 Å². The van der Waals surface area contributed by atoms with Gasteiger partial charge in [-0.1, -0.05) is 43.3 Å². The Balaban J connectivity index is 1.61. The number of hydrogen-bond donors (Lipinski definition) is 2. The highest BCUT2D eigenvalue weighted by molar-refractivity contribution is 14.1. The second kappa shape index (κ2) is 8.80. The predicted octanol–water partition coefficient (Wildman–Crippen LogP) is 4.79. The van der Waals surface area contributed by atoms with Crippen molar-refractivity contribution in [3.05, 3.63) is 75.9 Å². The Hall–Kier alpha value is -2.41. The fourth-order valence-corrected chi connectivity index (χ4v) is 3.00. The van der Waals surface area contributed by atoms with Gasteiger partial charge in [-0.3, -0.25) is 4.79 Å². The first-order valence-electron chi connectivity index (χ1n) is 8.49. The van der Waals surface area contributed by atoms with Crippen LogP contribution in [0.3, 0.4) is 0 Å². The summed E-state index contributed by atoms with van der Waals surface area (Å²) in [5, 5.41) is 9.68. The molecule has 132 valence electrons. The van der Waals surface area contributed by atoms with Crippen molar-refractivity contribution in [3.8, 4) is 0 Å². The molecule has 0 saturated heterocycles. The van der Waals surface area contributed by atoms with Crippen LogP contribution >= 0.6 is 22.6 Å². The molecule has 0 spiro atoms. The van der Waals surface area contributed by atoms with Crippen LogP contribution in [-0.4, -0.2) is 18.2 Å². The normalized spacial score (nSPS) is 12.2. The van der Waals surface area contributed by atoms with Gasteiger partial charge < -0.3 is 5.32 Å². The summed E-state index contributed by atoms with van der Waals surface area (Å²) < 4.78 is 1.16. The van der Waals surface area contributed by atoms with Crippen LogP contribution in [0.15, 0.2) is 71.8 Å². The zero-order chi connectivity index (χ0) is 18.4. The number of halogens is 1. The summed E-state index contributed by atoms with van der Waals surface area (Å²) in [4.78, 5) is 12.4. The predicted molar refractivity (Wildman–Crippen MR) is 117 cm³/mol. The minimum absolute atomic E-state index is 0.150. The number of carbonyl (C=O) groups excluding carboxylic acids is 1. The minimum Gasteiger partial charge on any atom is -0.374 e. The molecule has 3 rings (SSSR count). The molecule has 0 fully saturated rings. The molecule has 0 radical (unpaired) electrons. The number of fused-ring (bicyclic) bond motifs is 1. The maximum atomic E-state index is 12.4. The molecule has 3 aromatic rings. The number of benzene rings is 3. The van der Waals surface area contributed by atoms with Crippen LogP contribution in [0.1, 0.15) is 18.9 Å². The second-order valence-electron chi connectivity index (χ2n) is 5.95. The molecule has 1 unspecified atom stereocenters. The highest BCUT2D eigenvalue weighted by Gasteiger charge is 2.15. The summed E-state index contributed by atoms with van der Waals surface area (Å²) in [5.74, 6) is -0.150. The van der Waals surface area contributed by atoms with Crippen molar-refractivity contribution in [2.24, 2.45) is 5.10 Å². The van der Waals surface area contributed by atoms with Crippen molar-refractivity contribution in [1.29, 1.82) is 0 Å². The van der Waals surface area contributed by atoms with Gasteiger partial charge in [0.25, 0.3) is 5.91 Å². The molecule has 0 saturated carbocycles. The fourth-order valence-electron chi connectivity index (χ4n) is 2.64. The molecule has 4 nitrogen and oxygen atoms in total. The molecule has 1 atom stereocenters. The van der Waals surface area contributed by atoms with Crippen LogP contribution in [0.2, 0.25) is 0 Å². The molecular formula is C21H20IN3O. The van der Waals surface area contributed by atoms with E-state index in [0.717, 1.165) is 20.2 Å². The number of rotatable bonds is 6.